The van der Waals surface area contributed by atoms with Crippen molar-refractivity contribution in [3.05, 3.63) is 59.7 Å². The number of rotatable bonds is 14. The van der Waals surface area contributed by atoms with E-state index >= 15 is 0 Å². The first kappa shape index (κ1) is 27.6. The van der Waals surface area contributed by atoms with E-state index in [1.165, 1.54) is 44.9 Å². The van der Waals surface area contributed by atoms with Crippen molar-refractivity contribution in [3.8, 4) is 29.5 Å². The van der Waals surface area contributed by atoms with Crippen LogP contribution in [0.5, 0.6) is 11.5 Å². The molecule has 2 aromatic rings. The van der Waals surface area contributed by atoms with E-state index in [9.17, 15) is 0 Å². The highest BCUT2D eigenvalue weighted by Gasteiger charge is 2.13. The zero-order valence-electron chi connectivity index (χ0n) is 21.1. The molecule has 2 rings (SSSR count). The summed E-state index contributed by atoms with van der Waals surface area (Å²) in [6.45, 7) is 3.20. The normalized spacial score (nSPS) is 11.6. The van der Waals surface area contributed by atoms with Crippen molar-refractivity contribution in [1.29, 1.82) is 5.26 Å². The smallest absolute Gasteiger partial charge is 0.202 e. The molecule has 35 heavy (non-hydrogen) atoms. The fourth-order valence-electron chi connectivity index (χ4n) is 3.65. The molecule has 1 atom stereocenters. The molecule has 0 aliphatic carbocycles. The number of hydrogen-bond donors (Lipinski definition) is 2. The minimum Gasteiger partial charge on any atom is -0.493 e. The van der Waals surface area contributed by atoms with E-state index in [0.29, 0.717) is 24.7 Å². The Morgan fingerprint density at radius 1 is 1.00 bits per heavy atom. The molecule has 186 valence electrons. The number of nitriles is 1. The summed E-state index contributed by atoms with van der Waals surface area (Å²) < 4.78 is 11.6. The van der Waals surface area contributed by atoms with E-state index < -0.39 is 0 Å². The van der Waals surface area contributed by atoms with Gasteiger partial charge in [-0.2, -0.15) is 5.26 Å². The summed E-state index contributed by atoms with van der Waals surface area (Å²) in [5.74, 6) is 7.74. The number of nitrogens with zero attached hydrogens (tertiary/aromatic N) is 2. The number of unbranched alkanes of at least 4 members (excludes halogenated alkanes) is 7. The number of benzene rings is 2. The third-order valence-corrected chi connectivity index (χ3v) is 5.64. The largest absolute Gasteiger partial charge is 0.493 e. The van der Waals surface area contributed by atoms with Crippen molar-refractivity contribution in [2.45, 2.75) is 64.2 Å². The standard InChI is InChI=1S/C29H38N4O2/c1-3-4-5-6-7-8-9-13-20-35-28-21-25(18-19-27(28)34-2)26(22-32-29(31)33-23-30)17-16-24-14-11-10-12-15-24/h10-12,14-15,18-19,21,26H,3-9,13,20,22H2,1-2H3,(H3,31,32,33). The summed E-state index contributed by atoms with van der Waals surface area (Å²) in [5.41, 5.74) is 7.63. The van der Waals surface area contributed by atoms with Crippen LogP contribution in [0.15, 0.2) is 53.5 Å². The Hall–Kier alpha value is -3.64. The van der Waals surface area contributed by atoms with E-state index in [2.05, 4.69) is 29.1 Å². The van der Waals surface area contributed by atoms with Gasteiger partial charge < -0.3 is 15.2 Å². The summed E-state index contributed by atoms with van der Waals surface area (Å²) in [4.78, 5) is 4.28. The molecular weight excluding hydrogens is 436 g/mol. The van der Waals surface area contributed by atoms with Crippen molar-refractivity contribution in [3.63, 3.8) is 0 Å². The van der Waals surface area contributed by atoms with Crippen molar-refractivity contribution in [1.82, 2.24) is 5.32 Å². The van der Waals surface area contributed by atoms with E-state index in [1.807, 2.05) is 48.5 Å². The first-order chi connectivity index (χ1) is 17.2. The van der Waals surface area contributed by atoms with Crippen LogP contribution in [0.25, 0.3) is 0 Å². The number of nitrogens with one attached hydrogen (secondary N) is 1. The third kappa shape index (κ3) is 10.9. The summed E-state index contributed by atoms with van der Waals surface area (Å²) in [5, 5.41) is 11.1. The highest BCUT2D eigenvalue weighted by molar-refractivity contribution is 5.79. The summed E-state index contributed by atoms with van der Waals surface area (Å²) in [6.07, 6.45) is 11.8. The molecule has 0 radical (unpaired) electrons. The highest BCUT2D eigenvalue weighted by Crippen LogP contribution is 2.31. The maximum Gasteiger partial charge on any atom is 0.202 e. The summed E-state index contributed by atoms with van der Waals surface area (Å²) in [7, 11) is 1.64. The molecule has 3 N–H and O–H groups in total. The van der Waals surface area contributed by atoms with Crippen LogP contribution in [0.4, 0.5) is 0 Å². The lowest BCUT2D eigenvalue weighted by molar-refractivity contribution is 0.284. The molecule has 0 aliphatic rings. The van der Waals surface area contributed by atoms with Gasteiger partial charge in [0.25, 0.3) is 0 Å². The van der Waals surface area contributed by atoms with E-state index in [-0.39, 0.29) is 11.9 Å². The first-order valence-electron chi connectivity index (χ1n) is 12.5. The Balaban J connectivity index is 2.07. The number of nitrogens with two attached hydrogens (primary N) is 1. The quantitative estimate of drug-likeness (QED) is 0.0910. The minimum atomic E-state index is -0.231. The van der Waals surface area contributed by atoms with E-state index in [0.717, 1.165) is 17.5 Å². The van der Waals surface area contributed by atoms with Gasteiger partial charge in [-0.3, -0.25) is 10.3 Å². The van der Waals surface area contributed by atoms with Crippen LogP contribution in [0.3, 0.4) is 0 Å². The molecule has 0 aliphatic heterocycles. The van der Waals surface area contributed by atoms with Gasteiger partial charge >= 0.3 is 0 Å². The lowest BCUT2D eigenvalue weighted by Crippen LogP contribution is -2.28. The first-order valence-corrected chi connectivity index (χ1v) is 12.5. The molecule has 0 amide bonds. The van der Waals surface area contributed by atoms with Crippen LogP contribution in [0.1, 0.15) is 75.3 Å². The maximum absolute atomic E-state index is 8.77. The van der Waals surface area contributed by atoms with Crippen LogP contribution < -0.4 is 20.5 Å². The number of hydrogen-bond acceptors (Lipinski definition) is 4. The Kier molecular flexibility index (Phi) is 13.3. The lowest BCUT2D eigenvalue weighted by Gasteiger charge is -2.15. The zero-order chi connectivity index (χ0) is 25.1. The Morgan fingerprint density at radius 2 is 1.71 bits per heavy atom. The van der Waals surface area contributed by atoms with Gasteiger partial charge in [0.15, 0.2) is 17.7 Å². The monoisotopic (exact) mass is 474 g/mol. The summed E-state index contributed by atoms with van der Waals surface area (Å²) >= 11 is 0. The molecule has 0 heterocycles. The Labute approximate surface area is 210 Å². The average Bonchev–Trinajstić information content (AvgIpc) is 2.88. The molecule has 1 unspecified atom stereocenters. The van der Waals surface area contributed by atoms with Crippen LogP contribution in [-0.4, -0.2) is 26.2 Å². The van der Waals surface area contributed by atoms with Gasteiger partial charge in [0, 0.05) is 5.56 Å². The summed E-state index contributed by atoms with van der Waals surface area (Å²) in [6, 6.07) is 15.6. The number of ether oxygens (including phenoxy) is 2. The molecule has 0 aromatic heterocycles. The number of methoxy groups -OCH3 is 1. The Bertz CT molecular complexity index is 1000. The predicted molar refractivity (Wildman–Crippen MR) is 142 cm³/mol. The molecular formula is C29H38N4O2. The SMILES string of the molecule is CCCCCCCCCCOc1cc(C(C#Cc2ccccc2)CN=C(N)NC#N)ccc1OC. The maximum atomic E-state index is 8.77. The Morgan fingerprint density at radius 3 is 2.40 bits per heavy atom. The molecule has 6 nitrogen and oxygen atoms in total. The molecule has 6 heteroatoms. The van der Waals surface area contributed by atoms with Gasteiger partial charge in [0.1, 0.15) is 0 Å². The number of guanidine groups is 1. The molecule has 0 saturated heterocycles. The fraction of sp³-hybridized carbons (Fsp3) is 0.448. The van der Waals surface area contributed by atoms with Crippen molar-refractivity contribution < 1.29 is 9.47 Å². The second-order valence-corrected chi connectivity index (χ2v) is 8.38. The van der Waals surface area contributed by atoms with Crippen LogP contribution in [0, 0.1) is 23.3 Å². The van der Waals surface area contributed by atoms with Crippen molar-refractivity contribution in [2.24, 2.45) is 10.7 Å². The highest BCUT2D eigenvalue weighted by atomic mass is 16.5. The second-order valence-electron chi connectivity index (χ2n) is 8.38. The third-order valence-electron chi connectivity index (χ3n) is 5.64. The van der Waals surface area contributed by atoms with Gasteiger partial charge in [-0.1, -0.05) is 88.0 Å². The number of aliphatic imine (C=N–C) groups is 1. The van der Waals surface area contributed by atoms with Gasteiger partial charge in [0.05, 0.1) is 26.2 Å². The van der Waals surface area contributed by atoms with Crippen molar-refractivity contribution >= 4 is 5.96 Å². The van der Waals surface area contributed by atoms with Gasteiger partial charge in [0.2, 0.25) is 5.96 Å². The topological polar surface area (TPSA) is 92.7 Å². The van der Waals surface area contributed by atoms with Crippen LogP contribution in [0.2, 0.25) is 0 Å². The average molecular weight is 475 g/mol. The molecule has 0 bridgehead atoms. The fourth-order valence-corrected chi connectivity index (χ4v) is 3.65. The zero-order valence-corrected chi connectivity index (χ0v) is 21.1. The van der Waals surface area contributed by atoms with Crippen LogP contribution in [-0.2, 0) is 0 Å². The molecule has 0 spiro atoms. The van der Waals surface area contributed by atoms with Gasteiger partial charge in [-0.05, 0) is 36.2 Å². The molecule has 2 aromatic carbocycles. The lowest BCUT2D eigenvalue weighted by atomic mass is 9.98. The second kappa shape index (κ2) is 16.9. The predicted octanol–water partition coefficient (Wildman–Crippen LogP) is 5.74. The molecule has 0 fully saturated rings. The van der Waals surface area contributed by atoms with Crippen molar-refractivity contribution in [2.75, 3.05) is 20.3 Å². The van der Waals surface area contributed by atoms with E-state index in [1.54, 1.807) is 13.3 Å². The van der Waals surface area contributed by atoms with Crippen LogP contribution >= 0.6 is 0 Å². The van der Waals surface area contributed by atoms with Gasteiger partial charge in [-0.15, -0.1) is 0 Å². The van der Waals surface area contributed by atoms with E-state index in [4.69, 9.17) is 20.5 Å². The molecule has 0 saturated carbocycles. The van der Waals surface area contributed by atoms with Gasteiger partial charge in [-0.25, -0.2) is 0 Å². The minimum absolute atomic E-state index is 0.0682.